The average molecular weight is 316 g/mol. The van der Waals surface area contributed by atoms with Gasteiger partial charge in [-0.15, -0.1) is 13.2 Å². The summed E-state index contributed by atoms with van der Waals surface area (Å²) in [5, 5.41) is 0.325. The molecule has 0 aliphatic carbocycles. The van der Waals surface area contributed by atoms with Gasteiger partial charge in [0, 0.05) is 11.3 Å². The number of hydrogen-bond donors (Lipinski definition) is 0. The molecule has 6 heteroatoms. The predicted molar refractivity (Wildman–Crippen MR) is 75.4 cm³/mol. The number of benzene rings is 1. The SMILES string of the molecule is CCCc1cccc(-c2cc(OC(F)(F)F)ccc2Cl)n1. The maximum Gasteiger partial charge on any atom is 0.573 e. The van der Waals surface area contributed by atoms with Crippen LogP contribution in [0.25, 0.3) is 11.3 Å². The lowest BCUT2D eigenvalue weighted by atomic mass is 10.1. The van der Waals surface area contributed by atoms with Crippen LogP contribution in [0.5, 0.6) is 5.75 Å². The van der Waals surface area contributed by atoms with Gasteiger partial charge >= 0.3 is 6.36 Å². The van der Waals surface area contributed by atoms with Gasteiger partial charge in [0.25, 0.3) is 0 Å². The van der Waals surface area contributed by atoms with E-state index in [1.54, 1.807) is 12.1 Å². The minimum atomic E-state index is -4.73. The van der Waals surface area contributed by atoms with Crippen molar-refractivity contribution in [3.63, 3.8) is 0 Å². The summed E-state index contributed by atoms with van der Waals surface area (Å²) < 4.78 is 40.7. The van der Waals surface area contributed by atoms with Crippen LogP contribution in [0.15, 0.2) is 36.4 Å². The van der Waals surface area contributed by atoms with E-state index in [0.717, 1.165) is 18.5 Å². The number of hydrogen-bond acceptors (Lipinski definition) is 2. The van der Waals surface area contributed by atoms with Gasteiger partial charge in [-0.25, -0.2) is 0 Å². The highest BCUT2D eigenvalue weighted by atomic mass is 35.5. The largest absolute Gasteiger partial charge is 0.573 e. The third-order valence-electron chi connectivity index (χ3n) is 2.76. The molecule has 21 heavy (non-hydrogen) atoms. The molecule has 0 amide bonds. The molecule has 0 unspecified atom stereocenters. The number of halogens is 4. The van der Waals surface area contributed by atoms with Crippen LogP contribution in [-0.4, -0.2) is 11.3 Å². The van der Waals surface area contributed by atoms with E-state index >= 15 is 0 Å². The standard InChI is InChI=1S/C15H13ClF3NO/c1-2-4-10-5-3-6-14(20-10)12-9-11(7-8-13(12)16)21-15(17,18)19/h3,5-9H,2,4H2,1H3. The highest BCUT2D eigenvalue weighted by molar-refractivity contribution is 6.33. The van der Waals surface area contributed by atoms with Gasteiger partial charge in [0.2, 0.25) is 0 Å². The topological polar surface area (TPSA) is 22.1 Å². The van der Waals surface area contributed by atoms with Crippen molar-refractivity contribution >= 4 is 11.6 Å². The number of aryl methyl sites for hydroxylation is 1. The summed E-state index contributed by atoms with van der Waals surface area (Å²) in [6, 6.07) is 9.17. The molecule has 2 nitrogen and oxygen atoms in total. The van der Waals surface area contributed by atoms with E-state index in [4.69, 9.17) is 11.6 Å². The van der Waals surface area contributed by atoms with Gasteiger partial charge in [0.05, 0.1) is 10.7 Å². The maximum absolute atomic E-state index is 12.3. The summed E-state index contributed by atoms with van der Waals surface area (Å²) in [7, 11) is 0. The van der Waals surface area contributed by atoms with Gasteiger partial charge in [-0.3, -0.25) is 4.98 Å². The Bertz CT molecular complexity index is 629. The molecule has 0 spiro atoms. The Morgan fingerprint density at radius 1 is 1.19 bits per heavy atom. The zero-order valence-corrected chi connectivity index (χ0v) is 12.0. The van der Waals surface area contributed by atoms with Crippen LogP contribution in [0.4, 0.5) is 13.2 Å². The quantitative estimate of drug-likeness (QED) is 0.768. The Morgan fingerprint density at radius 2 is 1.95 bits per heavy atom. The fourth-order valence-electron chi connectivity index (χ4n) is 1.92. The van der Waals surface area contributed by atoms with Crippen LogP contribution in [0.3, 0.4) is 0 Å². The van der Waals surface area contributed by atoms with Gasteiger partial charge in [0.15, 0.2) is 0 Å². The van der Waals surface area contributed by atoms with E-state index in [9.17, 15) is 13.2 Å². The third kappa shape index (κ3) is 4.36. The van der Waals surface area contributed by atoms with Gasteiger partial charge in [-0.1, -0.05) is 31.0 Å². The normalized spacial score (nSPS) is 11.5. The zero-order valence-electron chi connectivity index (χ0n) is 11.2. The summed E-state index contributed by atoms with van der Waals surface area (Å²) in [5.41, 5.74) is 1.81. The third-order valence-corrected chi connectivity index (χ3v) is 3.09. The average Bonchev–Trinajstić information content (AvgIpc) is 2.40. The minimum Gasteiger partial charge on any atom is -0.406 e. The van der Waals surface area contributed by atoms with Crippen LogP contribution in [0.2, 0.25) is 5.02 Å². The Morgan fingerprint density at radius 3 is 2.62 bits per heavy atom. The van der Waals surface area contributed by atoms with Crippen molar-refractivity contribution in [3.8, 4) is 17.0 Å². The van der Waals surface area contributed by atoms with Crippen molar-refractivity contribution in [1.29, 1.82) is 0 Å². The molecular formula is C15H13ClF3NO. The summed E-state index contributed by atoms with van der Waals surface area (Å²) in [6.07, 6.45) is -3.01. The van der Waals surface area contributed by atoms with Gasteiger partial charge in [-0.05, 0) is 36.8 Å². The van der Waals surface area contributed by atoms with Crippen molar-refractivity contribution in [2.24, 2.45) is 0 Å². The number of alkyl halides is 3. The molecule has 0 fully saturated rings. The molecule has 1 aromatic heterocycles. The molecule has 0 radical (unpaired) electrons. The lowest BCUT2D eigenvalue weighted by Gasteiger charge is -2.11. The summed E-state index contributed by atoms with van der Waals surface area (Å²) in [4.78, 5) is 4.41. The first-order valence-electron chi connectivity index (χ1n) is 6.40. The number of nitrogens with zero attached hydrogens (tertiary/aromatic N) is 1. The molecule has 0 saturated carbocycles. The van der Waals surface area contributed by atoms with Crippen LogP contribution < -0.4 is 4.74 Å². The smallest absolute Gasteiger partial charge is 0.406 e. The van der Waals surface area contributed by atoms with Crippen molar-refractivity contribution in [2.45, 2.75) is 26.1 Å². The van der Waals surface area contributed by atoms with Crippen LogP contribution in [0, 0.1) is 0 Å². The molecule has 2 rings (SSSR count). The molecule has 0 aliphatic rings. The second kappa shape index (κ2) is 6.35. The second-order valence-corrected chi connectivity index (χ2v) is 4.86. The van der Waals surface area contributed by atoms with Crippen LogP contribution in [0.1, 0.15) is 19.0 Å². The molecule has 1 aromatic carbocycles. The molecular weight excluding hydrogens is 303 g/mol. The predicted octanol–water partition coefficient (Wildman–Crippen LogP) is 5.25. The van der Waals surface area contributed by atoms with Gasteiger partial charge in [-0.2, -0.15) is 0 Å². The zero-order chi connectivity index (χ0) is 15.5. The number of rotatable bonds is 4. The van der Waals surface area contributed by atoms with E-state index in [2.05, 4.69) is 9.72 Å². The van der Waals surface area contributed by atoms with Crippen LogP contribution in [-0.2, 0) is 6.42 Å². The van der Waals surface area contributed by atoms with E-state index in [1.807, 2.05) is 13.0 Å². The van der Waals surface area contributed by atoms with E-state index in [-0.39, 0.29) is 5.75 Å². The maximum atomic E-state index is 12.3. The highest BCUT2D eigenvalue weighted by Crippen LogP contribution is 2.32. The molecule has 1 heterocycles. The fraction of sp³-hybridized carbons (Fsp3) is 0.267. The molecule has 0 bridgehead atoms. The van der Waals surface area contributed by atoms with Crippen molar-refractivity contribution in [3.05, 3.63) is 47.1 Å². The van der Waals surface area contributed by atoms with Crippen molar-refractivity contribution < 1.29 is 17.9 Å². The van der Waals surface area contributed by atoms with Gasteiger partial charge < -0.3 is 4.74 Å². The first-order valence-corrected chi connectivity index (χ1v) is 6.78. The molecule has 112 valence electrons. The Kier molecular flexibility index (Phi) is 4.73. The number of ether oxygens (including phenoxy) is 1. The summed E-state index contributed by atoms with van der Waals surface area (Å²) in [6.45, 7) is 2.03. The van der Waals surface area contributed by atoms with E-state index < -0.39 is 6.36 Å². The van der Waals surface area contributed by atoms with Crippen molar-refractivity contribution in [2.75, 3.05) is 0 Å². The lowest BCUT2D eigenvalue weighted by molar-refractivity contribution is -0.274. The minimum absolute atomic E-state index is 0.315. The van der Waals surface area contributed by atoms with Gasteiger partial charge in [0.1, 0.15) is 5.75 Å². The second-order valence-electron chi connectivity index (χ2n) is 4.45. The van der Waals surface area contributed by atoms with E-state index in [1.165, 1.54) is 18.2 Å². The van der Waals surface area contributed by atoms with E-state index in [0.29, 0.717) is 16.3 Å². The summed E-state index contributed by atoms with van der Waals surface area (Å²) in [5.74, 6) is -0.315. The molecule has 0 saturated heterocycles. The molecule has 0 aliphatic heterocycles. The molecule has 2 aromatic rings. The highest BCUT2D eigenvalue weighted by Gasteiger charge is 2.31. The molecule has 0 N–H and O–H groups in total. The summed E-state index contributed by atoms with van der Waals surface area (Å²) >= 11 is 6.05. The van der Waals surface area contributed by atoms with Crippen LogP contribution >= 0.6 is 11.6 Å². The Balaban J connectivity index is 2.38. The van der Waals surface area contributed by atoms with Crippen molar-refractivity contribution in [1.82, 2.24) is 4.98 Å². The lowest BCUT2D eigenvalue weighted by Crippen LogP contribution is -2.17. The monoisotopic (exact) mass is 315 g/mol. The first-order chi connectivity index (χ1) is 9.89. The Hall–Kier alpha value is -1.75. The number of aromatic nitrogens is 1. The fourth-order valence-corrected chi connectivity index (χ4v) is 2.14. The Labute approximate surface area is 125 Å². The molecule has 0 atom stereocenters. The first kappa shape index (κ1) is 15.6. The number of pyridine rings is 1.